The summed E-state index contributed by atoms with van der Waals surface area (Å²) in [6.07, 6.45) is 12.0. The van der Waals surface area contributed by atoms with Crippen molar-refractivity contribution in [3.05, 3.63) is 12.2 Å². The minimum atomic E-state index is -0.213. The number of carbonyl (C=O) groups is 3. The summed E-state index contributed by atoms with van der Waals surface area (Å²) in [4.78, 5) is 35.6. The van der Waals surface area contributed by atoms with Crippen molar-refractivity contribution >= 4 is 17.9 Å². The first-order chi connectivity index (χ1) is 16.5. The number of ether oxygens (including phenoxy) is 3. The Hall–Kier alpha value is -1.85. The summed E-state index contributed by atoms with van der Waals surface area (Å²) in [5, 5.41) is 0. The van der Waals surface area contributed by atoms with Gasteiger partial charge >= 0.3 is 17.9 Å². The van der Waals surface area contributed by atoms with Gasteiger partial charge in [-0.3, -0.25) is 14.4 Å². The van der Waals surface area contributed by atoms with E-state index in [1.54, 1.807) is 0 Å². The quantitative estimate of drug-likeness (QED) is 0.280. The molecule has 10 atom stereocenters. The summed E-state index contributed by atoms with van der Waals surface area (Å²) in [7, 11) is 1.45. The Labute approximate surface area is 210 Å². The van der Waals surface area contributed by atoms with E-state index in [-0.39, 0.29) is 40.9 Å². The van der Waals surface area contributed by atoms with E-state index in [0.29, 0.717) is 41.9 Å². The first-order valence-corrected chi connectivity index (χ1v) is 13.6. The molecule has 0 aromatic rings. The van der Waals surface area contributed by atoms with Gasteiger partial charge in [0.15, 0.2) is 0 Å². The first-order valence-electron chi connectivity index (χ1n) is 13.6. The molecule has 0 N–H and O–H groups in total. The van der Waals surface area contributed by atoms with Gasteiger partial charge in [0.2, 0.25) is 0 Å². The number of allylic oxidation sites excluding steroid dienone is 2. The van der Waals surface area contributed by atoms with E-state index in [0.717, 1.165) is 44.9 Å². The van der Waals surface area contributed by atoms with Crippen LogP contribution in [0.15, 0.2) is 12.2 Å². The van der Waals surface area contributed by atoms with Gasteiger partial charge in [-0.05, 0) is 85.4 Å². The second kappa shape index (κ2) is 9.89. The lowest BCUT2D eigenvalue weighted by Gasteiger charge is -2.60. The maximum atomic E-state index is 12.2. The normalized spacial score (nSPS) is 42.7. The molecule has 6 nitrogen and oxygen atoms in total. The maximum absolute atomic E-state index is 12.2. The van der Waals surface area contributed by atoms with Gasteiger partial charge in [0.1, 0.15) is 12.2 Å². The smallest absolute Gasteiger partial charge is 0.305 e. The highest BCUT2D eigenvalue weighted by molar-refractivity contribution is 5.69. The van der Waals surface area contributed by atoms with Crippen molar-refractivity contribution in [2.24, 2.45) is 46.3 Å². The van der Waals surface area contributed by atoms with Gasteiger partial charge in [-0.2, -0.15) is 0 Å². The predicted octanol–water partition coefficient (Wildman–Crippen LogP) is 5.48. The summed E-state index contributed by atoms with van der Waals surface area (Å²) in [6.45, 7) is 10.1. The molecule has 196 valence electrons. The molecule has 4 aliphatic carbocycles. The van der Waals surface area contributed by atoms with E-state index in [1.165, 1.54) is 21.0 Å². The van der Waals surface area contributed by atoms with Crippen molar-refractivity contribution in [3.8, 4) is 0 Å². The van der Waals surface area contributed by atoms with E-state index in [1.807, 2.05) is 0 Å². The van der Waals surface area contributed by atoms with Gasteiger partial charge in [0.25, 0.3) is 0 Å². The van der Waals surface area contributed by atoms with Crippen LogP contribution in [0.25, 0.3) is 0 Å². The minimum Gasteiger partial charge on any atom is -0.469 e. The van der Waals surface area contributed by atoms with Gasteiger partial charge in [-0.1, -0.05) is 32.9 Å². The third-order valence-corrected chi connectivity index (χ3v) is 10.5. The Bertz CT molecular complexity index is 865. The standard InChI is InChI=1S/C29H44O6/c1-17(7-10-26(32)33-6)22-8-9-23-27-24(12-14-29(22,23)5)28(4)13-11-21(34-18(2)30)15-20(28)16-25(27)35-19(3)31/h12,14,17,20-25,27H,7-11,13,15-16H2,1-6H3/t17-,20+,21-,22-,23+,24+,25-,27+,28+,29-/m1/s1. The van der Waals surface area contributed by atoms with Crippen LogP contribution in [0, 0.1) is 46.3 Å². The zero-order chi connectivity index (χ0) is 25.5. The molecule has 0 aliphatic heterocycles. The molecule has 0 amide bonds. The SMILES string of the molecule is COC(=O)CC[C@@H](C)[C@H]1CC[C@H]2[C@@H]3[C@H](OC(C)=O)C[C@@H]4C[C@H](OC(C)=O)CC[C@]4(C)[C@H]3C=C[C@]12C. The van der Waals surface area contributed by atoms with E-state index < -0.39 is 0 Å². The number of hydrogen-bond donors (Lipinski definition) is 0. The second-order valence-electron chi connectivity index (χ2n) is 12.3. The van der Waals surface area contributed by atoms with Crippen LogP contribution in [-0.4, -0.2) is 37.2 Å². The molecule has 0 aromatic heterocycles. The van der Waals surface area contributed by atoms with Crippen LogP contribution >= 0.6 is 0 Å². The molecule has 4 rings (SSSR count). The molecule has 0 unspecified atom stereocenters. The Morgan fingerprint density at radius 1 is 1.03 bits per heavy atom. The van der Waals surface area contributed by atoms with Crippen LogP contribution in [0.4, 0.5) is 0 Å². The number of hydrogen-bond acceptors (Lipinski definition) is 6. The van der Waals surface area contributed by atoms with Gasteiger partial charge in [0.05, 0.1) is 7.11 Å². The fourth-order valence-electron chi connectivity index (χ4n) is 8.80. The fourth-order valence-corrected chi connectivity index (χ4v) is 8.80. The minimum absolute atomic E-state index is 0.0350. The average Bonchev–Trinajstić information content (AvgIpc) is 3.14. The van der Waals surface area contributed by atoms with Crippen molar-refractivity contribution < 1.29 is 28.6 Å². The van der Waals surface area contributed by atoms with E-state index in [4.69, 9.17) is 14.2 Å². The zero-order valence-electron chi connectivity index (χ0n) is 22.4. The van der Waals surface area contributed by atoms with Gasteiger partial charge in [-0.25, -0.2) is 0 Å². The highest BCUT2D eigenvalue weighted by Gasteiger charge is 2.62. The second-order valence-corrected chi connectivity index (χ2v) is 12.3. The molecular weight excluding hydrogens is 444 g/mol. The van der Waals surface area contributed by atoms with Crippen LogP contribution in [0.5, 0.6) is 0 Å². The summed E-state index contributed by atoms with van der Waals surface area (Å²) in [5.41, 5.74) is 0.150. The average molecular weight is 489 g/mol. The van der Waals surface area contributed by atoms with Crippen molar-refractivity contribution in [2.75, 3.05) is 7.11 Å². The van der Waals surface area contributed by atoms with Crippen molar-refractivity contribution in [1.29, 1.82) is 0 Å². The summed E-state index contributed by atoms with van der Waals surface area (Å²) >= 11 is 0. The summed E-state index contributed by atoms with van der Waals surface area (Å²) < 4.78 is 16.6. The van der Waals surface area contributed by atoms with Crippen molar-refractivity contribution in [3.63, 3.8) is 0 Å². The lowest BCUT2D eigenvalue weighted by Crippen LogP contribution is -2.58. The van der Waals surface area contributed by atoms with Gasteiger partial charge in [-0.15, -0.1) is 0 Å². The highest BCUT2D eigenvalue weighted by Crippen LogP contribution is 2.66. The van der Waals surface area contributed by atoms with Crippen molar-refractivity contribution in [1.82, 2.24) is 0 Å². The monoisotopic (exact) mass is 488 g/mol. The summed E-state index contributed by atoms with van der Waals surface area (Å²) in [6, 6.07) is 0. The van der Waals surface area contributed by atoms with Gasteiger partial charge < -0.3 is 14.2 Å². The molecular formula is C29H44O6. The Kier molecular flexibility index (Phi) is 7.41. The molecule has 0 bridgehead atoms. The Morgan fingerprint density at radius 3 is 2.40 bits per heavy atom. The molecule has 0 heterocycles. The molecule has 35 heavy (non-hydrogen) atoms. The third kappa shape index (κ3) is 4.79. The lowest BCUT2D eigenvalue weighted by molar-refractivity contribution is -0.178. The van der Waals surface area contributed by atoms with Crippen molar-refractivity contribution in [2.45, 2.75) is 98.2 Å². The van der Waals surface area contributed by atoms with E-state index in [2.05, 4.69) is 32.9 Å². The van der Waals surface area contributed by atoms with Crippen LogP contribution in [-0.2, 0) is 28.6 Å². The van der Waals surface area contributed by atoms with Crippen LogP contribution < -0.4 is 0 Å². The van der Waals surface area contributed by atoms with Crippen LogP contribution in [0.1, 0.15) is 86.0 Å². The third-order valence-electron chi connectivity index (χ3n) is 10.5. The molecule has 3 saturated carbocycles. The Morgan fingerprint density at radius 2 is 1.74 bits per heavy atom. The fraction of sp³-hybridized carbons (Fsp3) is 0.828. The highest BCUT2D eigenvalue weighted by atomic mass is 16.5. The molecule has 0 spiro atoms. The number of esters is 3. The Balaban J connectivity index is 1.61. The molecule has 6 heteroatoms. The van der Waals surface area contributed by atoms with E-state index in [9.17, 15) is 14.4 Å². The van der Waals surface area contributed by atoms with Gasteiger partial charge in [0, 0.05) is 26.2 Å². The lowest BCUT2D eigenvalue weighted by atomic mass is 9.45. The number of methoxy groups -OCH3 is 1. The van der Waals surface area contributed by atoms with E-state index >= 15 is 0 Å². The number of fused-ring (bicyclic) bond motifs is 5. The maximum Gasteiger partial charge on any atom is 0.305 e. The predicted molar refractivity (Wildman–Crippen MR) is 132 cm³/mol. The summed E-state index contributed by atoms with van der Waals surface area (Å²) in [5.74, 6) is 1.83. The topological polar surface area (TPSA) is 78.9 Å². The number of carbonyl (C=O) groups excluding carboxylic acids is 3. The van der Waals surface area contributed by atoms with Crippen LogP contribution in [0.3, 0.4) is 0 Å². The largest absolute Gasteiger partial charge is 0.469 e. The van der Waals surface area contributed by atoms with Crippen LogP contribution in [0.2, 0.25) is 0 Å². The molecule has 4 aliphatic rings. The molecule has 3 fully saturated rings. The number of rotatable bonds is 6. The molecule has 0 saturated heterocycles. The molecule has 0 aromatic carbocycles. The zero-order valence-corrected chi connectivity index (χ0v) is 22.4. The first kappa shape index (κ1) is 26.2. The molecule has 0 radical (unpaired) electrons.